The smallest absolute Gasteiger partial charge is 0.246 e. The van der Waals surface area contributed by atoms with Crippen LogP contribution in [0.15, 0.2) is 24.4 Å². The van der Waals surface area contributed by atoms with Gasteiger partial charge in [0.05, 0.1) is 12.3 Å². The molecule has 7 heteroatoms. The number of nitrogens with zero attached hydrogens (tertiary/aromatic N) is 3. The van der Waals surface area contributed by atoms with Crippen LogP contribution in [0.3, 0.4) is 0 Å². The predicted molar refractivity (Wildman–Crippen MR) is 70.4 cm³/mol. The fourth-order valence-corrected chi connectivity index (χ4v) is 1.60. The Hall–Kier alpha value is -2.28. The number of hydrogen-bond acceptors (Lipinski definition) is 4. The maximum absolute atomic E-state index is 13.3. The van der Waals surface area contributed by atoms with Crippen molar-refractivity contribution in [3.63, 3.8) is 0 Å². The number of hydrogen-bond donors (Lipinski definition) is 2. The molecular weight excluding hydrogens is 263 g/mol. The molecule has 0 radical (unpaired) electrons. The lowest BCUT2D eigenvalue weighted by atomic mass is 10.2. The molecule has 1 aromatic heterocycles. The molecule has 0 fully saturated rings. The van der Waals surface area contributed by atoms with E-state index in [-0.39, 0.29) is 18.3 Å². The number of anilines is 1. The fourth-order valence-electron chi connectivity index (χ4n) is 1.60. The van der Waals surface area contributed by atoms with Crippen LogP contribution in [0.4, 0.5) is 10.1 Å². The van der Waals surface area contributed by atoms with Crippen LogP contribution in [-0.4, -0.2) is 26.0 Å². The third-order valence-electron chi connectivity index (χ3n) is 2.75. The van der Waals surface area contributed by atoms with E-state index in [9.17, 15) is 14.3 Å². The number of rotatable bonds is 4. The summed E-state index contributed by atoms with van der Waals surface area (Å²) in [6, 6.07) is 4.47. The molecular formula is C13H15FN4O2. The van der Waals surface area contributed by atoms with E-state index in [1.54, 1.807) is 26.0 Å². The van der Waals surface area contributed by atoms with E-state index in [0.29, 0.717) is 16.9 Å². The third kappa shape index (κ3) is 3.39. The van der Waals surface area contributed by atoms with Crippen molar-refractivity contribution < 1.29 is 14.3 Å². The van der Waals surface area contributed by atoms with E-state index in [4.69, 9.17) is 0 Å². The first-order valence-corrected chi connectivity index (χ1v) is 6.10. The van der Waals surface area contributed by atoms with Gasteiger partial charge in [-0.2, -0.15) is 0 Å². The predicted octanol–water partition coefficient (Wildman–Crippen LogP) is 1.42. The van der Waals surface area contributed by atoms with Crippen molar-refractivity contribution in [1.29, 1.82) is 0 Å². The van der Waals surface area contributed by atoms with Crippen LogP contribution in [0.5, 0.6) is 0 Å². The lowest BCUT2D eigenvalue weighted by Crippen LogP contribution is -2.19. The molecule has 0 saturated carbocycles. The number of nitrogens with one attached hydrogen (secondary N) is 1. The van der Waals surface area contributed by atoms with Crippen molar-refractivity contribution in [2.45, 2.75) is 26.5 Å². The van der Waals surface area contributed by atoms with Crippen molar-refractivity contribution in [3.8, 4) is 0 Å². The maximum Gasteiger partial charge on any atom is 0.246 e. The van der Waals surface area contributed by atoms with Crippen LogP contribution in [0.1, 0.15) is 24.3 Å². The summed E-state index contributed by atoms with van der Waals surface area (Å²) < 4.78 is 14.6. The quantitative estimate of drug-likeness (QED) is 0.886. The molecule has 0 aliphatic heterocycles. The summed E-state index contributed by atoms with van der Waals surface area (Å²) in [6.45, 7) is 3.15. The van der Waals surface area contributed by atoms with Gasteiger partial charge in [-0.15, -0.1) is 5.10 Å². The van der Waals surface area contributed by atoms with Crippen LogP contribution in [0.25, 0.3) is 0 Å². The van der Waals surface area contributed by atoms with E-state index in [2.05, 4.69) is 15.6 Å². The van der Waals surface area contributed by atoms with Gasteiger partial charge in [0.1, 0.15) is 18.1 Å². The van der Waals surface area contributed by atoms with Gasteiger partial charge in [0.2, 0.25) is 5.91 Å². The van der Waals surface area contributed by atoms with Gasteiger partial charge in [-0.05, 0) is 31.5 Å². The summed E-state index contributed by atoms with van der Waals surface area (Å²) in [6.07, 6.45) is 0.748. The Bertz CT molecular complexity index is 625. The minimum atomic E-state index is -0.738. The minimum Gasteiger partial charge on any atom is -0.387 e. The van der Waals surface area contributed by atoms with Crippen LogP contribution in [-0.2, 0) is 11.3 Å². The summed E-state index contributed by atoms with van der Waals surface area (Å²) in [5, 5.41) is 19.3. The first-order chi connectivity index (χ1) is 9.45. The Labute approximate surface area is 115 Å². The SMILES string of the molecule is Cc1ccc(NC(=O)Cn2cc(C(C)O)nn2)cc1F. The molecule has 106 valence electrons. The van der Waals surface area contributed by atoms with Crippen LogP contribution in [0.2, 0.25) is 0 Å². The van der Waals surface area contributed by atoms with Crippen molar-refractivity contribution >= 4 is 11.6 Å². The molecule has 20 heavy (non-hydrogen) atoms. The Morgan fingerprint density at radius 3 is 2.90 bits per heavy atom. The van der Waals surface area contributed by atoms with Gasteiger partial charge >= 0.3 is 0 Å². The largest absolute Gasteiger partial charge is 0.387 e. The molecule has 1 unspecified atom stereocenters. The maximum atomic E-state index is 13.3. The number of aryl methyl sites for hydroxylation is 1. The first kappa shape index (κ1) is 14.1. The van der Waals surface area contributed by atoms with Crippen molar-refractivity contribution in [3.05, 3.63) is 41.5 Å². The number of benzene rings is 1. The number of aromatic nitrogens is 3. The highest BCUT2D eigenvalue weighted by Crippen LogP contribution is 2.13. The van der Waals surface area contributed by atoms with Crippen molar-refractivity contribution in [1.82, 2.24) is 15.0 Å². The summed E-state index contributed by atoms with van der Waals surface area (Å²) in [5.41, 5.74) is 1.29. The van der Waals surface area contributed by atoms with Crippen molar-refractivity contribution in [2.75, 3.05) is 5.32 Å². The molecule has 1 atom stereocenters. The average Bonchev–Trinajstić information content (AvgIpc) is 2.82. The van der Waals surface area contributed by atoms with Crippen LogP contribution >= 0.6 is 0 Å². The molecule has 0 bridgehead atoms. The second-order valence-corrected chi connectivity index (χ2v) is 4.53. The molecule has 1 heterocycles. The van der Waals surface area contributed by atoms with Gasteiger partial charge < -0.3 is 10.4 Å². The summed E-state index contributed by atoms with van der Waals surface area (Å²) in [4.78, 5) is 11.8. The Morgan fingerprint density at radius 1 is 1.55 bits per heavy atom. The topological polar surface area (TPSA) is 80.0 Å². The Kier molecular flexibility index (Phi) is 4.09. The molecule has 0 aliphatic rings. The van der Waals surface area contributed by atoms with E-state index in [1.807, 2.05) is 0 Å². The second kappa shape index (κ2) is 5.79. The zero-order chi connectivity index (χ0) is 14.7. The molecule has 0 spiro atoms. The summed E-state index contributed by atoms with van der Waals surface area (Å²) in [7, 11) is 0. The molecule has 1 amide bonds. The van der Waals surface area contributed by atoms with E-state index < -0.39 is 6.10 Å². The van der Waals surface area contributed by atoms with E-state index in [0.717, 1.165) is 0 Å². The van der Waals surface area contributed by atoms with Crippen LogP contribution in [0, 0.1) is 12.7 Å². The lowest BCUT2D eigenvalue weighted by molar-refractivity contribution is -0.116. The average molecular weight is 278 g/mol. The first-order valence-electron chi connectivity index (χ1n) is 6.10. The number of aliphatic hydroxyl groups excluding tert-OH is 1. The Balaban J connectivity index is 1.99. The second-order valence-electron chi connectivity index (χ2n) is 4.53. The monoisotopic (exact) mass is 278 g/mol. The number of carbonyl (C=O) groups is 1. The summed E-state index contributed by atoms with van der Waals surface area (Å²) >= 11 is 0. The van der Waals surface area contributed by atoms with Crippen LogP contribution < -0.4 is 5.32 Å². The number of carbonyl (C=O) groups excluding carboxylic acids is 1. The van der Waals surface area contributed by atoms with Gasteiger partial charge in [0, 0.05) is 5.69 Å². The molecule has 1 aromatic carbocycles. The molecule has 2 rings (SSSR count). The minimum absolute atomic E-state index is 0.0603. The highest BCUT2D eigenvalue weighted by molar-refractivity contribution is 5.90. The summed E-state index contributed by atoms with van der Waals surface area (Å²) in [5.74, 6) is -0.727. The van der Waals surface area contributed by atoms with Gasteiger partial charge in [-0.3, -0.25) is 4.79 Å². The normalized spacial score (nSPS) is 12.2. The standard InChI is InChI=1S/C13H15FN4O2/c1-8-3-4-10(5-11(8)14)15-13(20)7-18-6-12(9(2)19)16-17-18/h3-6,9,19H,7H2,1-2H3,(H,15,20). The van der Waals surface area contributed by atoms with Gasteiger partial charge in [-0.1, -0.05) is 11.3 Å². The lowest BCUT2D eigenvalue weighted by Gasteiger charge is -2.06. The van der Waals surface area contributed by atoms with E-state index in [1.165, 1.54) is 16.9 Å². The zero-order valence-electron chi connectivity index (χ0n) is 11.2. The van der Waals surface area contributed by atoms with Gasteiger partial charge in [0.15, 0.2) is 0 Å². The highest BCUT2D eigenvalue weighted by Gasteiger charge is 2.10. The number of halogens is 1. The van der Waals surface area contributed by atoms with E-state index >= 15 is 0 Å². The number of aliphatic hydroxyl groups is 1. The third-order valence-corrected chi connectivity index (χ3v) is 2.75. The van der Waals surface area contributed by atoms with Gasteiger partial charge in [0.25, 0.3) is 0 Å². The van der Waals surface area contributed by atoms with Gasteiger partial charge in [-0.25, -0.2) is 9.07 Å². The Morgan fingerprint density at radius 2 is 2.30 bits per heavy atom. The number of amides is 1. The van der Waals surface area contributed by atoms with Crippen molar-refractivity contribution in [2.24, 2.45) is 0 Å². The molecule has 2 aromatic rings. The molecule has 6 nitrogen and oxygen atoms in total. The highest BCUT2D eigenvalue weighted by atomic mass is 19.1. The fraction of sp³-hybridized carbons (Fsp3) is 0.308. The molecule has 0 saturated heterocycles. The molecule has 0 aliphatic carbocycles. The zero-order valence-corrected chi connectivity index (χ0v) is 11.2. The molecule has 2 N–H and O–H groups in total.